The molecule has 0 saturated carbocycles. The summed E-state index contributed by atoms with van der Waals surface area (Å²) in [6, 6.07) is 0. The number of hydrogen-bond acceptors (Lipinski definition) is 2. The van der Waals surface area contributed by atoms with Crippen molar-refractivity contribution in [2.75, 3.05) is 6.61 Å². The van der Waals surface area contributed by atoms with E-state index in [9.17, 15) is 4.79 Å². The molecule has 0 aromatic heterocycles. The molecular weight excluding hydrogens is 164 g/mol. The molecule has 0 bridgehead atoms. The third kappa shape index (κ3) is 6.38. The van der Waals surface area contributed by atoms with E-state index in [1.807, 2.05) is 6.92 Å². The van der Waals surface area contributed by atoms with Gasteiger partial charge in [-0.15, -0.1) is 0 Å². The van der Waals surface area contributed by atoms with Crippen LogP contribution in [0.15, 0.2) is 12.2 Å². The topological polar surface area (TPSA) is 26.3 Å². The first kappa shape index (κ1) is 12.2. The number of ether oxygens (including phenoxy) is 1. The molecule has 13 heavy (non-hydrogen) atoms. The van der Waals surface area contributed by atoms with Gasteiger partial charge in [-0.25, -0.2) is 0 Å². The van der Waals surface area contributed by atoms with Crippen molar-refractivity contribution in [1.29, 1.82) is 0 Å². The average Bonchev–Trinajstić information content (AvgIpc) is 2.12. The van der Waals surface area contributed by atoms with Gasteiger partial charge in [0.25, 0.3) is 0 Å². The van der Waals surface area contributed by atoms with Crippen LogP contribution in [0, 0.1) is 5.92 Å². The van der Waals surface area contributed by atoms with Crippen molar-refractivity contribution >= 4 is 5.97 Å². The Bertz CT molecular complexity index is 161. The van der Waals surface area contributed by atoms with E-state index in [4.69, 9.17) is 4.74 Å². The highest BCUT2D eigenvalue weighted by molar-refractivity contribution is 5.69. The van der Waals surface area contributed by atoms with Crippen LogP contribution in [0.1, 0.15) is 40.0 Å². The van der Waals surface area contributed by atoms with Gasteiger partial charge in [-0.2, -0.15) is 0 Å². The summed E-state index contributed by atoms with van der Waals surface area (Å²) in [4.78, 5) is 11.1. The van der Waals surface area contributed by atoms with Crippen molar-refractivity contribution in [3.63, 3.8) is 0 Å². The number of carbonyl (C=O) groups is 1. The monoisotopic (exact) mass is 184 g/mol. The number of carbonyl (C=O) groups excluding carboxylic acids is 1. The molecule has 0 saturated heterocycles. The van der Waals surface area contributed by atoms with Gasteiger partial charge in [-0.05, 0) is 25.7 Å². The van der Waals surface area contributed by atoms with Crippen LogP contribution >= 0.6 is 0 Å². The molecule has 0 N–H and O–H groups in total. The minimum absolute atomic E-state index is 0.0879. The molecule has 2 heteroatoms. The summed E-state index contributed by atoms with van der Waals surface area (Å²) in [7, 11) is 0. The maximum Gasteiger partial charge on any atom is 0.306 e. The summed E-state index contributed by atoms with van der Waals surface area (Å²) in [5, 5.41) is 0. The minimum atomic E-state index is -0.0879. The Morgan fingerprint density at radius 1 is 1.38 bits per heavy atom. The van der Waals surface area contributed by atoms with Crippen molar-refractivity contribution in [1.82, 2.24) is 0 Å². The van der Waals surface area contributed by atoms with Crippen LogP contribution in [-0.2, 0) is 9.53 Å². The van der Waals surface area contributed by atoms with E-state index >= 15 is 0 Å². The lowest BCUT2D eigenvalue weighted by Gasteiger charge is -2.08. The highest BCUT2D eigenvalue weighted by atomic mass is 16.5. The zero-order chi connectivity index (χ0) is 10.1. The lowest BCUT2D eigenvalue weighted by Crippen LogP contribution is -2.09. The lowest BCUT2D eigenvalue weighted by molar-refractivity contribution is -0.143. The molecule has 0 aliphatic rings. The van der Waals surface area contributed by atoms with Crippen LogP contribution in [0.2, 0.25) is 0 Å². The normalized spacial score (nSPS) is 13.2. The standard InChI is InChI=1S/C11H20O2/c1-4-7-8-10(5-2)9-11(12)13-6-3/h7-8,10H,4-6,9H2,1-3H3/b8-7+. The van der Waals surface area contributed by atoms with E-state index in [2.05, 4.69) is 26.0 Å². The van der Waals surface area contributed by atoms with Gasteiger partial charge in [-0.1, -0.05) is 26.0 Å². The second-order valence-electron chi connectivity index (χ2n) is 3.01. The number of rotatable bonds is 6. The molecule has 0 aromatic rings. The van der Waals surface area contributed by atoms with Crippen LogP contribution < -0.4 is 0 Å². The first-order valence-electron chi connectivity index (χ1n) is 5.06. The third-order valence-corrected chi connectivity index (χ3v) is 1.90. The smallest absolute Gasteiger partial charge is 0.306 e. The molecule has 0 aliphatic carbocycles. The fraction of sp³-hybridized carbons (Fsp3) is 0.727. The summed E-state index contributed by atoms with van der Waals surface area (Å²) in [5.41, 5.74) is 0. The van der Waals surface area contributed by atoms with E-state index < -0.39 is 0 Å². The zero-order valence-electron chi connectivity index (χ0n) is 8.88. The highest BCUT2D eigenvalue weighted by Gasteiger charge is 2.08. The molecule has 0 rings (SSSR count). The summed E-state index contributed by atoms with van der Waals surface area (Å²) in [5.74, 6) is 0.258. The Labute approximate surface area is 81.0 Å². The third-order valence-electron chi connectivity index (χ3n) is 1.90. The lowest BCUT2D eigenvalue weighted by atomic mass is 10.0. The van der Waals surface area contributed by atoms with E-state index in [1.54, 1.807) is 0 Å². The molecule has 1 atom stereocenters. The molecule has 0 amide bonds. The average molecular weight is 184 g/mol. The predicted octanol–water partition coefficient (Wildman–Crippen LogP) is 2.93. The Hall–Kier alpha value is -0.790. The molecular formula is C11H20O2. The van der Waals surface area contributed by atoms with Crippen molar-refractivity contribution < 1.29 is 9.53 Å². The van der Waals surface area contributed by atoms with Crippen molar-refractivity contribution in [3.05, 3.63) is 12.2 Å². The molecule has 0 radical (unpaired) electrons. The maximum atomic E-state index is 11.1. The molecule has 0 aromatic carbocycles. The van der Waals surface area contributed by atoms with Gasteiger partial charge in [0.15, 0.2) is 0 Å². The van der Waals surface area contributed by atoms with Crippen LogP contribution in [0.3, 0.4) is 0 Å². The van der Waals surface area contributed by atoms with Crippen molar-refractivity contribution in [3.8, 4) is 0 Å². The predicted molar refractivity (Wildman–Crippen MR) is 54.5 cm³/mol. The zero-order valence-corrected chi connectivity index (χ0v) is 8.88. The highest BCUT2D eigenvalue weighted by Crippen LogP contribution is 2.11. The van der Waals surface area contributed by atoms with Gasteiger partial charge in [0, 0.05) is 0 Å². The molecule has 0 aliphatic heterocycles. The van der Waals surface area contributed by atoms with Gasteiger partial charge in [0.2, 0.25) is 0 Å². The summed E-state index contributed by atoms with van der Waals surface area (Å²) in [6.07, 6.45) is 6.75. The fourth-order valence-electron chi connectivity index (χ4n) is 1.11. The van der Waals surface area contributed by atoms with E-state index in [1.165, 1.54) is 0 Å². The van der Waals surface area contributed by atoms with Gasteiger partial charge in [0.1, 0.15) is 0 Å². The first-order valence-corrected chi connectivity index (χ1v) is 5.06. The molecule has 76 valence electrons. The Kier molecular flexibility index (Phi) is 7.36. The largest absolute Gasteiger partial charge is 0.466 e. The van der Waals surface area contributed by atoms with Gasteiger partial charge in [-0.3, -0.25) is 4.79 Å². The maximum absolute atomic E-state index is 11.1. The Morgan fingerprint density at radius 2 is 2.08 bits per heavy atom. The fourth-order valence-corrected chi connectivity index (χ4v) is 1.11. The molecule has 0 heterocycles. The Morgan fingerprint density at radius 3 is 2.54 bits per heavy atom. The second-order valence-corrected chi connectivity index (χ2v) is 3.01. The van der Waals surface area contributed by atoms with Crippen LogP contribution in [-0.4, -0.2) is 12.6 Å². The van der Waals surface area contributed by atoms with E-state index in [0.29, 0.717) is 18.9 Å². The van der Waals surface area contributed by atoms with E-state index in [-0.39, 0.29) is 5.97 Å². The van der Waals surface area contributed by atoms with Crippen LogP contribution in [0.5, 0.6) is 0 Å². The SMILES string of the molecule is CC/C=C/C(CC)CC(=O)OCC. The number of esters is 1. The van der Waals surface area contributed by atoms with Gasteiger partial charge in [0.05, 0.1) is 13.0 Å². The number of hydrogen-bond donors (Lipinski definition) is 0. The van der Waals surface area contributed by atoms with Crippen molar-refractivity contribution in [2.24, 2.45) is 5.92 Å². The minimum Gasteiger partial charge on any atom is -0.466 e. The first-order chi connectivity index (χ1) is 6.24. The number of allylic oxidation sites excluding steroid dienone is 2. The molecule has 0 spiro atoms. The summed E-state index contributed by atoms with van der Waals surface area (Å²) >= 11 is 0. The Balaban J connectivity index is 3.82. The van der Waals surface area contributed by atoms with E-state index in [0.717, 1.165) is 12.8 Å². The molecule has 1 unspecified atom stereocenters. The van der Waals surface area contributed by atoms with Gasteiger partial charge < -0.3 is 4.74 Å². The quantitative estimate of drug-likeness (QED) is 0.468. The summed E-state index contributed by atoms with van der Waals surface area (Å²) in [6.45, 7) is 6.49. The second kappa shape index (κ2) is 7.84. The van der Waals surface area contributed by atoms with Crippen LogP contribution in [0.4, 0.5) is 0 Å². The molecule has 0 fully saturated rings. The van der Waals surface area contributed by atoms with Crippen molar-refractivity contribution in [2.45, 2.75) is 40.0 Å². The van der Waals surface area contributed by atoms with Crippen LogP contribution in [0.25, 0.3) is 0 Å². The van der Waals surface area contributed by atoms with Gasteiger partial charge >= 0.3 is 5.97 Å². The molecule has 2 nitrogen and oxygen atoms in total. The summed E-state index contributed by atoms with van der Waals surface area (Å²) < 4.78 is 4.88.